The van der Waals surface area contributed by atoms with Gasteiger partial charge in [0.2, 0.25) is 0 Å². The van der Waals surface area contributed by atoms with Gasteiger partial charge in [-0.2, -0.15) is 0 Å². The molecule has 2 heteroatoms. The second-order valence-electron chi connectivity index (χ2n) is 7.56. The van der Waals surface area contributed by atoms with Crippen LogP contribution in [-0.4, -0.2) is 24.8 Å². The van der Waals surface area contributed by atoms with E-state index in [-0.39, 0.29) is 11.6 Å². The number of nitrogens with zero attached hydrogens (tertiary/aromatic N) is 1. The zero-order valence-corrected chi connectivity index (χ0v) is 15.9. The summed E-state index contributed by atoms with van der Waals surface area (Å²) >= 11 is 0. The van der Waals surface area contributed by atoms with Gasteiger partial charge in [-0.1, -0.05) is 78.9 Å². The predicted octanol–water partition coefficient (Wildman–Crippen LogP) is 5.14. The third-order valence-electron chi connectivity index (χ3n) is 5.68. The molecule has 138 valence electrons. The van der Waals surface area contributed by atoms with Crippen LogP contribution in [0.15, 0.2) is 91.0 Å². The van der Waals surface area contributed by atoms with Crippen molar-refractivity contribution in [1.82, 2.24) is 0 Å². The number of hydrogen-bond acceptors (Lipinski definition) is 2. The Balaban J connectivity index is 1.70. The van der Waals surface area contributed by atoms with Gasteiger partial charge in [-0.15, -0.1) is 0 Å². The monoisotopic (exact) mass is 357 g/mol. The van der Waals surface area contributed by atoms with E-state index in [1.165, 1.54) is 16.8 Å². The van der Waals surface area contributed by atoms with Gasteiger partial charge in [0.05, 0.1) is 18.2 Å². The van der Waals surface area contributed by atoms with E-state index in [2.05, 4.69) is 103 Å². The molecule has 0 radical (unpaired) electrons. The second-order valence-corrected chi connectivity index (χ2v) is 7.56. The van der Waals surface area contributed by atoms with Gasteiger partial charge in [-0.3, -0.25) is 0 Å². The molecule has 0 bridgehead atoms. The molecule has 27 heavy (non-hydrogen) atoms. The van der Waals surface area contributed by atoms with Crippen LogP contribution in [0.5, 0.6) is 0 Å². The fourth-order valence-electron chi connectivity index (χ4n) is 4.25. The fourth-order valence-corrected chi connectivity index (χ4v) is 4.25. The summed E-state index contributed by atoms with van der Waals surface area (Å²) in [5.41, 5.74) is 3.84. The molecule has 0 aliphatic carbocycles. The van der Waals surface area contributed by atoms with Crippen LogP contribution < -0.4 is 4.90 Å². The molecule has 2 atom stereocenters. The van der Waals surface area contributed by atoms with Crippen LogP contribution in [0.3, 0.4) is 0 Å². The molecule has 0 saturated carbocycles. The van der Waals surface area contributed by atoms with E-state index in [0.717, 1.165) is 26.0 Å². The fraction of sp³-hybridized carbons (Fsp3) is 0.280. The summed E-state index contributed by atoms with van der Waals surface area (Å²) in [7, 11) is 0. The summed E-state index contributed by atoms with van der Waals surface area (Å²) in [5, 5.41) is 0. The van der Waals surface area contributed by atoms with Crippen LogP contribution in [0.2, 0.25) is 0 Å². The van der Waals surface area contributed by atoms with Gasteiger partial charge in [0.15, 0.2) is 0 Å². The zero-order valence-electron chi connectivity index (χ0n) is 15.9. The lowest BCUT2D eigenvalue weighted by Gasteiger charge is -2.51. The molecule has 1 heterocycles. The Hall–Kier alpha value is -2.58. The molecule has 0 spiro atoms. The average Bonchev–Trinajstić information content (AvgIpc) is 2.72. The quantitative estimate of drug-likeness (QED) is 0.627. The Morgan fingerprint density at radius 2 is 1.37 bits per heavy atom. The Morgan fingerprint density at radius 3 is 2.00 bits per heavy atom. The molecule has 3 aromatic carbocycles. The summed E-state index contributed by atoms with van der Waals surface area (Å²) in [6.45, 7) is 4.04. The van der Waals surface area contributed by atoms with Crippen molar-refractivity contribution in [2.75, 3.05) is 18.1 Å². The van der Waals surface area contributed by atoms with Gasteiger partial charge in [-0.05, 0) is 36.6 Å². The van der Waals surface area contributed by atoms with Crippen LogP contribution in [0.4, 0.5) is 5.69 Å². The molecule has 0 N–H and O–H groups in total. The summed E-state index contributed by atoms with van der Waals surface area (Å²) in [6.07, 6.45) is 2.02. The smallest absolute Gasteiger partial charge is 0.0848 e. The van der Waals surface area contributed by atoms with Crippen LogP contribution in [0, 0.1) is 0 Å². The van der Waals surface area contributed by atoms with Crippen molar-refractivity contribution in [3.05, 3.63) is 102 Å². The van der Waals surface area contributed by atoms with Gasteiger partial charge < -0.3 is 9.64 Å². The minimum absolute atomic E-state index is 0.114. The minimum Gasteiger partial charge on any atom is -0.374 e. The summed E-state index contributed by atoms with van der Waals surface area (Å²) < 4.78 is 6.38. The highest BCUT2D eigenvalue weighted by atomic mass is 16.5. The van der Waals surface area contributed by atoms with E-state index in [4.69, 9.17) is 4.74 Å². The van der Waals surface area contributed by atoms with E-state index < -0.39 is 0 Å². The molecule has 1 fully saturated rings. The number of ether oxygens (including phenoxy) is 1. The van der Waals surface area contributed by atoms with Crippen molar-refractivity contribution in [3.63, 3.8) is 0 Å². The van der Waals surface area contributed by atoms with E-state index in [1.54, 1.807) is 0 Å². The van der Waals surface area contributed by atoms with Gasteiger partial charge in [-0.25, -0.2) is 0 Å². The average molecular weight is 357 g/mol. The molecular weight excluding hydrogens is 330 g/mol. The number of para-hydroxylation sites is 1. The Kier molecular flexibility index (Phi) is 5.26. The summed E-state index contributed by atoms with van der Waals surface area (Å²) in [5.74, 6) is 0. The topological polar surface area (TPSA) is 12.5 Å². The first-order valence-electron chi connectivity index (χ1n) is 9.78. The highest BCUT2D eigenvalue weighted by Crippen LogP contribution is 2.35. The highest BCUT2D eigenvalue weighted by Gasteiger charge is 2.43. The van der Waals surface area contributed by atoms with E-state index in [1.807, 2.05) is 0 Å². The van der Waals surface area contributed by atoms with Crippen molar-refractivity contribution < 1.29 is 4.74 Å². The van der Waals surface area contributed by atoms with Gasteiger partial charge in [0.25, 0.3) is 0 Å². The summed E-state index contributed by atoms with van der Waals surface area (Å²) in [4.78, 5) is 2.55. The number of morpholine rings is 1. The number of benzene rings is 3. The molecule has 1 aliphatic heterocycles. The molecule has 1 aliphatic rings. The van der Waals surface area contributed by atoms with Gasteiger partial charge in [0.1, 0.15) is 0 Å². The molecule has 1 saturated heterocycles. The van der Waals surface area contributed by atoms with E-state index in [9.17, 15) is 0 Å². The molecule has 3 aromatic rings. The summed E-state index contributed by atoms with van der Waals surface area (Å²) in [6, 6.07) is 32.3. The largest absolute Gasteiger partial charge is 0.374 e. The first-order valence-corrected chi connectivity index (χ1v) is 9.78. The van der Waals surface area contributed by atoms with Gasteiger partial charge in [0, 0.05) is 18.7 Å². The van der Waals surface area contributed by atoms with Crippen molar-refractivity contribution in [3.8, 4) is 0 Å². The number of hydrogen-bond donors (Lipinski definition) is 0. The third-order valence-corrected chi connectivity index (χ3v) is 5.68. The first kappa shape index (κ1) is 17.8. The number of anilines is 1. The molecule has 4 rings (SSSR count). The SMILES string of the molecule is CC1(Cc2ccccc2)C(Cc2ccccc2)OCCN1c1ccccc1. The molecule has 2 unspecified atom stereocenters. The lowest BCUT2D eigenvalue weighted by Crippen LogP contribution is -2.62. The Bertz CT molecular complexity index is 834. The third kappa shape index (κ3) is 3.91. The molecule has 2 nitrogen and oxygen atoms in total. The molecular formula is C25H27NO. The van der Waals surface area contributed by atoms with Crippen LogP contribution in [-0.2, 0) is 17.6 Å². The Morgan fingerprint density at radius 1 is 0.815 bits per heavy atom. The standard InChI is InChI=1S/C25H27NO/c1-25(20-22-13-7-3-8-14-22)24(19-21-11-5-2-6-12-21)27-18-17-26(25)23-15-9-4-10-16-23/h2-16,24H,17-20H2,1H3. The molecule has 0 aromatic heterocycles. The zero-order chi connectivity index (χ0) is 18.5. The maximum absolute atomic E-state index is 6.38. The maximum atomic E-state index is 6.38. The van der Waals surface area contributed by atoms with Crippen molar-refractivity contribution >= 4 is 5.69 Å². The maximum Gasteiger partial charge on any atom is 0.0848 e. The minimum atomic E-state index is -0.114. The van der Waals surface area contributed by atoms with Crippen LogP contribution in [0.1, 0.15) is 18.1 Å². The van der Waals surface area contributed by atoms with Crippen molar-refractivity contribution in [2.24, 2.45) is 0 Å². The van der Waals surface area contributed by atoms with Crippen molar-refractivity contribution in [2.45, 2.75) is 31.4 Å². The molecule has 0 amide bonds. The first-order chi connectivity index (χ1) is 13.3. The number of rotatable bonds is 5. The van der Waals surface area contributed by atoms with Gasteiger partial charge >= 0.3 is 0 Å². The lowest BCUT2D eigenvalue weighted by molar-refractivity contribution is -0.0244. The van der Waals surface area contributed by atoms with E-state index >= 15 is 0 Å². The lowest BCUT2D eigenvalue weighted by atomic mass is 9.81. The normalized spacial score (nSPS) is 22.6. The van der Waals surface area contributed by atoms with E-state index in [0.29, 0.717) is 0 Å². The van der Waals surface area contributed by atoms with Crippen LogP contribution in [0.25, 0.3) is 0 Å². The van der Waals surface area contributed by atoms with Crippen molar-refractivity contribution in [1.29, 1.82) is 0 Å². The highest BCUT2D eigenvalue weighted by molar-refractivity contribution is 5.50. The Labute approximate surface area is 162 Å². The van der Waals surface area contributed by atoms with Crippen LogP contribution >= 0.6 is 0 Å². The second kappa shape index (κ2) is 7.98. The predicted molar refractivity (Wildman–Crippen MR) is 112 cm³/mol.